The van der Waals surface area contributed by atoms with Crippen LogP contribution in [0.2, 0.25) is 0 Å². The Bertz CT molecular complexity index is 1330. The van der Waals surface area contributed by atoms with Crippen LogP contribution in [0.3, 0.4) is 0 Å². The lowest BCUT2D eigenvalue weighted by Gasteiger charge is -2.34. The van der Waals surface area contributed by atoms with Crippen molar-refractivity contribution in [2.24, 2.45) is 0 Å². The third kappa shape index (κ3) is 2.73. The lowest BCUT2D eigenvalue weighted by molar-refractivity contribution is 0.720. The molecule has 0 fully saturated rings. The molecule has 0 aromatic heterocycles. The zero-order chi connectivity index (χ0) is 19.4. The molecule has 0 radical (unpaired) electrons. The summed E-state index contributed by atoms with van der Waals surface area (Å²) < 4.78 is 1.12. The zero-order valence-corrected chi connectivity index (χ0v) is 17.4. The van der Waals surface area contributed by atoms with Gasteiger partial charge in [0.2, 0.25) is 0 Å². The molecule has 1 heteroatoms. The molecule has 0 aliphatic heterocycles. The maximum Gasteiger partial charge on any atom is 0.0181 e. The molecule has 0 amide bonds. The van der Waals surface area contributed by atoms with Crippen LogP contribution in [0.1, 0.15) is 23.0 Å². The largest absolute Gasteiger partial charge is 0.0761 e. The molecule has 2 aliphatic rings. The first-order valence-electron chi connectivity index (χ1n) is 10.1. The molecule has 2 unspecified atom stereocenters. The van der Waals surface area contributed by atoms with E-state index in [9.17, 15) is 0 Å². The Hall–Kier alpha value is -2.90. The van der Waals surface area contributed by atoms with E-state index in [0.717, 1.165) is 4.47 Å². The van der Waals surface area contributed by atoms with E-state index in [1.54, 1.807) is 0 Å². The first kappa shape index (κ1) is 17.0. The molecule has 0 nitrogen and oxygen atoms in total. The molecule has 0 N–H and O–H groups in total. The summed E-state index contributed by atoms with van der Waals surface area (Å²) in [6.45, 7) is 0. The molecule has 6 rings (SSSR count). The molecule has 2 aliphatic carbocycles. The van der Waals surface area contributed by atoms with Gasteiger partial charge in [-0.1, -0.05) is 94.8 Å². The molecule has 0 bridgehead atoms. The summed E-state index contributed by atoms with van der Waals surface area (Å²) in [5, 5.41) is 2.53. The standard InChI is InChI=1S/C28H19Br/c29-22-13-11-19-15-18(9-10-20(19)16-22)21-12-14-27-25-7-2-1-5-23(25)24-6-3-4-8-26(24)28(27)17-21/h1-17,24,26H. The van der Waals surface area contributed by atoms with Crippen molar-refractivity contribution in [2.75, 3.05) is 0 Å². The molecule has 29 heavy (non-hydrogen) atoms. The highest BCUT2D eigenvalue weighted by atomic mass is 79.9. The van der Waals surface area contributed by atoms with Crippen molar-refractivity contribution in [2.45, 2.75) is 11.8 Å². The number of benzene rings is 4. The second kappa shape index (κ2) is 6.57. The van der Waals surface area contributed by atoms with E-state index < -0.39 is 0 Å². The number of fused-ring (bicyclic) bond motifs is 7. The minimum absolute atomic E-state index is 0.404. The summed E-state index contributed by atoms with van der Waals surface area (Å²) in [5.74, 6) is 0.828. The quantitative estimate of drug-likeness (QED) is 0.282. The van der Waals surface area contributed by atoms with Gasteiger partial charge in [0, 0.05) is 16.3 Å². The van der Waals surface area contributed by atoms with Crippen LogP contribution >= 0.6 is 15.9 Å². The predicted molar refractivity (Wildman–Crippen MR) is 126 cm³/mol. The molecule has 4 aromatic carbocycles. The van der Waals surface area contributed by atoms with Crippen molar-refractivity contribution in [1.29, 1.82) is 0 Å². The summed E-state index contributed by atoms with van der Waals surface area (Å²) in [5.41, 5.74) is 8.18. The van der Waals surface area contributed by atoms with Gasteiger partial charge < -0.3 is 0 Å². The van der Waals surface area contributed by atoms with E-state index in [4.69, 9.17) is 0 Å². The summed E-state index contributed by atoms with van der Waals surface area (Å²) in [4.78, 5) is 0. The van der Waals surface area contributed by atoms with Crippen LogP contribution in [0, 0.1) is 0 Å². The molecule has 2 atom stereocenters. The molecule has 138 valence electrons. The van der Waals surface area contributed by atoms with Crippen molar-refractivity contribution in [3.63, 3.8) is 0 Å². The van der Waals surface area contributed by atoms with Crippen LogP contribution in [-0.4, -0.2) is 0 Å². The van der Waals surface area contributed by atoms with Crippen LogP contribution < -0.4 is 0 Å². The highest BCUT2D eigenvalue weighted by Gasteiger charge is 2.31. The molecule has 4 aromatic rings. The highest BCUT2D eigenvalue weighted by molar-refractivity contribution is 9.10. The lowest BCUT2D eigenvalue weighted by atomic mass is 9.69. The van der Waals surface area contributed by atoms with Gasteiger partial charge in [-0.05, 0) is 68.4 Å². The van der Waals surface area contributed by atoms with Gasteiger partial charge >= 0.3 is 0 Å². The van der Waals surface area contributed by atoms with Gasteiger partial charge in [-0.25, -0.2) is 0 Å². The van der Waals surface area contributed by atoms with Crippen LogP contribution in [0.4, 0.5) is 0 Å². The molecule has 0 spiro atoms. The summed E-state index contributed by atoms with van der Waals surface area (Å²) >= 11 is 3.57. The van der Waals surface area contributed by atoms with Gasteiger partial charge in [-0.15, -0.1) is 0 Å². The van der Waals surface area contributed by atoms with E-state index in [1.165, 1.54) is 44.2 Å². The normalized spacial score (nSPS) is 18.9. The molecule has 0 heterocycles. The first-order valence-corrected chi connectivity index (χ1v) is 10.9. The summed E-state index contributed by atoms with van der Waals surface area (Å²) in [6.07, 6.45) is 9.10. The fourth-order valence-corrected chi connectivity index (χ4v) is 5.27. The smallest absolute Gasteiger partial charge is 0.0181 e. The molecular weight excluding hydrogens is 416 g/mol. The number of rotatable bonds is 1. The number of hydrogen-bond donors (Lipinski definition) is 0. The second-order valence-corrected chi connectivity index (χ2v) is 8.83. The Kier molecular flexibility index (Phi) is 3.85. The third-order valence-corrected chi connectivity index (χ3v) is 6.78. The maximum atomic E-state index is 3.57. The predicted octanol–water partition coefficient (Wildman–Crippen LogP) is 8.24. The van der Waals surface area contributed by atoms with E-state index >= 15 is 0 Å². The Morgan fingerprint density at radius 1 is 0.552 bits per heavy atom. The van der Waals surface area contributed by atoms with E-state index in [0.29, 0.717) is 11.8 Å². The SMILES string of the molecule is Brc1ccc2cc(-c3ccc4c(c3)C3C=CC=CC3c3ccccc3-4)ccc2c1. The average molecular weight is 435 g/mol. The Morgan fingerprint density at radius 3 is 2.10 bits per heavy atom. The van der Waals surface area contributed by atoms with Crippen LogP contribution in [0.5, 0.6) is 0 Å². The maximum absolute atomic E-state index is 3.57. The summed E-state index contributed by atoms with van der Waals surface area (Å²) in [7, 11) is 0. The summed E-state index contributed by atoms with van der Waals surface area (Å²) in [6, 6.07) is 29.1. The first-order chi connectivity index (χ1) is 14.3. The van der Waals surface area contributed by atoms with Crippen molar-refractivity contribution >= 4 is 26.7 Å². The number of hydrogen-bond acceptors (Lipinski definition) is 0. The number of allylic oxidation sites excluding steroid dienone is 4. The fourth-order valence-electron chi connectivity index (χ4n) is 4.89. The minimum atomic E-state index is 0.404. The minimum Gasteiger partial charge on any atom is -0.0761 e. The number of halogens is 1. The van der Waals surface area contributed by atoms with Gasteiger partial charge in [-0.2, -0.15) is 0 Å². The average Bonchev–Trinajstić information content (AvgIpc) is 2.78. The Morgan fingerprint density at radius 2 is 1.21 bits per heavy atom. The topological polar surface area (TPSA) is 0 Å². The molecule has 0 saturated carbocycles. The van der Waals surface area contributed by atoms with E-state index in [2.05, 4.69) is 119 Å². The van der Waals surface area contributed by atoms with Crippen molar-refractivity contribution in [1.82, 2.24) is 0 Å². The molecular formula is C28H19Br. The lowest BCUT2D eigenvalue weighted by Crippen LogP contribution is -2.16. The van der Waals surface area contributed by atoms with Gasteiger partial charge in [0.25, 0.3) is 0 Å². The van der Waals surface area contributed by atoms with E-state index in [1.807, 2.05) is 0 Å². The van der Waals surface area contributed by atoms with Crippen molar-refractivity contribution < 1.29 is 0 Å². The van der Waals surface area contributed by atoms with Crippen LogP contribution in [0.25, 0.3) is 33.0 Å². The molecule has 0 saturated heterocycles. The van der Waals surface area contributed by atoms with Crippen LogP contribution in [-0.2, 0) is 0 Å². The van der Waals surface area contributed by atoms with Crippen molar-refractivity contribution in [3.05, 3.63) is 119 Å². The van der Waals surface area contributed by atoms with E-state index in [-0.39, 0.29) is 0 Å². The third-order valence-electron chi connectivity index (χ3n) is 6.29. The monoisotopic (exact) mass is 434 g/mol. The Labute approximate surface area is 179 Å². The van der Waals surface area contributed by atoms with Crippen LogP contribution in [0.15, 0.2) is 108 Å². The van der Waals surface area contributed by atoms with Crippen molar-refractivity contribution in [3.8, 4) is 22.3 Å². The Balaban J connectivity index is 1.53. The highest BCUT2D eigenvalue weighted by Crippen LogP contribution is 2.50. The second-order valence-electron chi connectivity index (χ2n) is 7.92. The zero-order valence-electron chi connectivity index (χ0n) is 15.8. The van der Waals surface area contributed by atoms with Gasteiger partial charge in [0.15, 0.2) is 0 Å². The fraction of sp³-hybridized carbons (Fsp3) is 0.0714. The van der Waals surface area contributed by atoms with Gasteiger partial charge in [0.05, 0.1) is 0 Å². The van der Waals surface area contributed by atoms with Gasteiger partial charge in [-0.3, -0.25) is 0 Å². The van der Waals surface area contributed by atoms with Gasteiger partial charge in [0.1, 0.15) is 0 Å².